The summed E-state index contributed by atoms with van der Waals surface area (Å²) in [5, 5.41) is 8.48. The first-order chi connectivity index (χ1) is 7.16. The highest BCUT2D eigenvalue weighted by molar-refractivity contribution is 5.77. The van der Waals surface area contributed by atoms with Crippen molar-refractivity contribution in [2.75, 3.05) is 7.05 Å². The zero-order valence-electron chi connectivity index (χ0n) is 10.9. The second-order valence-corrected chi connectivity index (χ2v) is 5.29. The number of hydrogen-bond donors (Lipinski definition) is 1. The minimum absolute atomic E-state index is 0.0173. The number of rotatable bonds is 5. The molecule has 1 N–H and O–H groups in total. The molecule has 94 valence electrons. The highest BCUT2D eigenvalue weighted by Gasteiger charge is 2.26. The first-order valence-corrected chi connectivity index (χ1v) is 5.63. The number of aliphatic carboxylic acids is 1. The van der Waals surface area contributed by atoms with Crippen LogP contribution in [0.5, 0.6) is 0 Å². The van der Waals surface area contributed by atoms with Gasteiger partial charge in [-0.3, -0.25) is 9.59 Å². The Bertz CT molecular complexity index is 255. The van der Waals surface area contributed by atoms with Gasteiger partial charge in [-0.15, -0.1) is 0 Å². The SMILES string of the molecule is CC(N(C)C(=O)CCCC(=O)O)C(C)(C)C. The maximum absolute atomic E-state index is 11.7. The van der Waals surface area contributed by atoms with Gasteiger partial charge in [-0.2, -0.15) is 0 Å². The van der Waals surface area contributed by atoms with Crippen molar-refractivity contribution < 1.29 is 14.7 Å². The third-order valence-electron chi connectivity index (χ3n) is 3.01. The van der Waals surface area contributed by atoms with E-state index < -0.39 is 5.97 Å². The van der Waals surface area contributed by atoms with Gasteiger partial charge < -0.3 is 10.0 Å². The topological polar surface area (TPSA) is 57.6 Å². The maximum atomic E-state index is 11.7. The van der Waals surface area contributed by atoms with Crippen molar-refractivity contribution in [3.05, 3.63) is 0 Å². The molecule has 0 heterocycles. The average Bonchev–Trinajstić information content (AvgIpc) is 2.13. The Balaban J connectivity index is 4.14. The zero-order chi connectivity index (χ0) is 12.9. The molecule has 0 aliphatic rings. The van der Waals surface area contributed by atoms with Gasteiger partial charge in [0.15, 0.2) is 0 Å². The van der Waals surface area contributed by atoms with Gasteiger partial charge >= 0.3 is 5.97 Å². The summed E-state index contributed by atoms with van der Waals surface area (Å²) in [6.07, 6.45) is 0.780. The van der Waals surface area contributed by atoms with Crippen LogP contribution in [-0.4, -0.2) is 35.0 Å². The van der Waals surface area contributed by atoms with Crippen molar-refractivity contribution in [3.63, 3.8) is 0 Å². The Morgan fingerprint density at radius 1 is 1.25 bits per heavy atom. The number of nitrogens with zero attached hydrogens (tertiary/aromatic N) is 1. The molecule has 0 aliphatic carbocycles. The molecule has 0 aromatic rings. The zero-order valence-corrected chi connectivity index (χ0v) is 10.9. The van der Waals surface area contributed by atoms with E-state index in [0.29, 0.717) is 12.8 Å². The molecule has 0 spiro atoms. The van der Waals surface area contributed by atoms with Crippen molar-refractivity contribution in [3.8, 4) is 0 Å². The fraction of sp³-hybridized carbons (Fsp3) is 0.833. The van der Waals surface area contributed by atoms with E-state index in [9.17, 15) is 9.59 Å². The summed E-state index contributed by atoms with van der Waals surface area (Å²) in [4.78, 5) is 23.8. The molecule has 0 saturated heterocycles. The third kappa shape index (κ3) is 5.14. The first-order valence-electron chi connectivity index (χ1n) is 5.63. The second kappa shape index (κ2) is 5.87. The molecular formula is C12H23NO3. The highest BCUT2D eigenvalue weighted by Crippen LogP contribution is 2.23. The summed E-state index contributed by atoms with van der Waals surface area (Å²) in [7, 11) is 1.78. The second-order valence-electron chi connectivity index (χ2n) is 5.29. The lowest BCUT2D eigenvalue weighted by molar-refractivity contribution is -0.137. The lowest BCUT2D eigenvalue weighted by Crippen LogP contribution is -2.42. The molecule has 0 aliphatic heterocycles. The molecule has 0 saturated carbocycles. The summed E-state index contributed by atoms with van der Waals surface area (Å²) in [6, 6.07) is 0.143. The fourth-order valence-electron chi connectivity index (χ4n) is 1.36. The predicted molar refractivity (Wildman–Crippen MR) is 63.2 cm³/mol. The number of hydrogen-bond acceptors (Lipinski definition) is 2. The average molecular weight is 229 g/mol. The molecule has 0 radical (unpaired) electrons. The van der Waals surface area contributed by atoms with Crippen LogP contribution in [0.4, 0.5) is 0 Å². The predicted octanol–water partition coefficient (Wildman–Crippen LogP) is 2.13. The van der Waals surface area contributed by atoms with Gasteiger partial charge in [-0.25, -0.2) is 0 Å². The largest absolute Gasteiger partial charge is 0.481 e. The number of carbonyl (C=O) groups is 2. The lowest BCUT2D eigenvalue weighted by Gasteiger charge is -2.35. The fourth-order valence-corrected chi connectivity index (χ4v) is 1.36. The van der Waals surface area contributed by atoms with Crippen molar-refractivity contribution in [2.45, 2.75) is 53.0 Å². The van der Waals surface area contributed by atoms with Crippen LogP contribution in [0.2, 0.25) is 0 Å². The number of carbonyl (C=O) groups excluding carboxylic acids is 1. The van der Waals surface area contributed by atoms with Crippen molar-refractivity contribution in [1.29, 1.82) is 0 Å². The molecule has 4 heteroatoms. The third-order valence-corrected chi connectivity index (χ3v) is 3.01. The van der Waals surface area contributed by atoms with Crippen LogP contribution in [0.25, 0.3) is 0 Å². The standard InChI is InChI=1S/C12H23NO3/c1-9(12(2,3)4)13(5)10(14)7-6-8-11(15)16/h9H,6-8H2,1-5H3,(H,15,16). The number of amides is 1. The molecule has 16 heavy (non-hydrogen) atoms. The van der Waals surface area contributed by atoms with Crippen LogP contribution in [0.15, 0.2) is 0 Å². The van der Waals surface area contributed by atoms with Crippen LogP contribution >= 0.6 is 0 Å². The minimum Gasteiger partial charge on any atom is -0.481 e. The monoisotopic (exact) mass is 229 g/mol. The van der Waals surface area contributed by atoms with Gasteiger partial charge in [0.1, 0.15) is 0 Å². The van der Waals surface area contributed by atoms with Crippen molar-refractivity contribution >= 4 is 11.9 Å². The Kier molecular flexibility index (Phi) is 5.48. The van der Waals surface area contributed by atoms with E-state index in [1.807, 2.05) is 6.92 Å². The Hall–Kier alpha value is -1.06. The normalized spacial score (nSPS) is 13.3. The van der Waals surface area contributed by atoms with Gasteiger partial charge in [-0.05, 0) is 18.8 Å². The highest BCUT2D eigenvalue weighted by atomic mass is 16.4. The minimum atomic E-state index is -0.848. The van der Waals surface area contributed by atoms with Crippen LogP contribution in [0, 0.1) is 5.41 Å². The van der Waals surface area contributed by atoms with Gasteiger partial charge in [-0.1, -0.05) is 20.8 Å². The van der Waals surface area contributed by atoms with E-state index in [-0.39, 0.29) is 23.8 Å². The maximum Gasteiger partial charge on any atom is 0.303 e. The van der Waals surface area contributed by atoms with E-state index >= 15 is 0 Å². The summed E-state index contributed by atoms with van der Waals surface area (Å²) >= 11 is 0. The van der Waals surface area contributed by atoms with Crippen molar-refractivity contribution in [1.82, 2.24) is 4.90 Å². The lowest BCUT2D eigenvalue weighted by atomic mass is 9.87. The molecular weight excluding hydrogens is 206 g/mol. The first kappa shape index (κ1) is 14.9. The van der Waals surface area contributed by atoms with E-state index in [4.69, 9.17) is 5.11 Å². The molecule has 1 unspecified atom stereocenters. The van der Waals surface area contributed by atoms with Crippen LogP contribution in [0.1, 0.15) is 47.0 Å². The summed E-state index contributed by atoms with van der Waals surface area (Å²) in [5.74, 6) is -0.831. The summed E-state index contributed by atoms with van der Waals surface area (Å²) in [5.41, 5.74) is 0.0389. The van der Waals surface area contributed by atoms with E-state index in [1.54, 1.807) is 11.9 Å². The molecule has 0 bridgehead atoms. The van der Waals surface area contributed by atoms with Crippen molar-refractivity contribution in [2.24, 2.45) is 5.41 Å². The van der Waals surface area contributed by atoms with Crippen LogP contribution in [0.3, 0.4) is 0 Å². The molecule has 0 aromatic heterocycles. The van der Waals surface area contributed by atoms with Gasteiger partial charge in [0.05, 0.1) is 0 Å². The van der Waals surface area contributed by atoms with Crippen LogP contribution < -0.4 is 0 Å². The van der Waals surface area contributed by atoms with E-state index in [0.717, 1.165) is 0 Å². The van der Waals surface area contributed by atoms with E-state index in [2.05, 4.69) is 20.8 Å². The van der Waals surface area contributed by atoms with Gasteiger partial charge in [0.25, 0.3) is 0 Å². The molecule has 1 atom stereocenters. The van der Waals surface area contributed by atoms with Crippen LogP contribution in [-0.2, 0) is 9.59 Å². The number of carboxylic acid groups (broad SMARTS) is 1. The number of carboxylic acids is 1. The molecule has 0 aromatic carbocycles. The Morgan fingerprint density at radius 3 is 2.12 bits per heavy atom. The molecule has 0 rings (SSSR count). The van der Waals surface area contributed by atoms with Gasteiger partial charge in [0.2, 0.25) is 5.91 Å². The Labute approximate surface area is 97.6 Å². The Morgan fingerprint density at radius 2 is 1.75 bits per heavy atom. The summed E-state index contributed by atoms with van der Waals surface area (Å²) < 4.78 is 0. The molecule has 0 fully saturated rings. The van der Waals surface area contributed by atoms with Gasteiger partial charge in [0, 0.05) is 25.9 Å². The smallest absolute Gasteiger partial charge is 0.303 e. The quantitative estimate of drug-likeness (QED) is 0.785. The molecule has 4 nitrogen and oxygen atoms in total. The van der Waals surface area contributed by atoms with E-state index in [1.165, 1.54) is 0 Å². The molecule has 1 amide bonds. The summed E-state index contributed by atoms with van der Waals surface area (Å²) in [6.45, 7) is 8.26.